The zero-order valence-electron chi connectivity index (χ0n) is 7.51. The summed E-state index contributed by atoms with van der Waals surface area (Å²) in [6.07, 6.45) is 0. The summed E-state index contributed by atoms with van der Waals surface area (Å²) >= 11 is 7.17. The van der Waals surface area contributed by atoms with E-state index in [9.17, 15) is 4.39 Å². The van der Waals surface area contributed by atoms with Crippen LogP contribution >= 0.6 is 22.9 Å². The molecule has 1 aromatic carbocycles. The molecule has 0 aliphatic carbocycles. The van der Waals surface area contributed by atoms with Crippen LogP contribution in [0.5, 0.6) is 5.75 Å². The highest BCUT2D eigenvalue weighted by Crippen LogP contribution is 2.32. The first-order chi connectivity index (χ1) is 6.74. The van der Waals surface area contributed by atoms with Crippen LogP contribution in [0.3, 0.4) is 0 Å². The van der Waals surface area contributed by atoms with E-state index in [4.69, 9.17) is 16.3 Å². The van der Waals surface area contributed by atoms with Crippen molar-refractivity contribution in [2.24, 2.45) is 0 Å². The molecule has 0 spiro atoms. The molecule has 0 aliphatic heterocycles. The maximum absolute atomic E-state index is 13.5. The zero-order valence-corrected chi connectivity index (χ0v) is 9.08. The molecule has 1 aromatic heterocycles. The highest BCUT2D eigenvalue weighted by atomic mass is 35.5. The lowest BCUT2D eigenvalue weighted by Gasteiger charge is -1.99. The Morgan fingerprint density at radius 2 is 2.21 bits per heavy atom. The van der Waals surface area contributed by atoms with Crippen molar-refractivity contribution in [2.45, 2.75) is 5.88 Å². The molecule has 0 fully saturated rings. The standard InChI is InChI=1S/C10H8ClFOS/c1-13-6-2-9(12)8-4-7(5-11)14-10(8)3-6/h2-4H,5H2,1H3. The van der Waals surface area contributed by atoms with Crippen LogP contribution in [-0.2, 0) is 5.88 Å². The lowest BCUT2D eigenvalue weighted by atomic mass is 10.2. The van der Waals surface area contributed by atoms with Gasteiger partial charge in [-0.25, -0.2) is 4.39 Å². The molecule has 0 unspecified atom stereocenters. The summed E-state index contributed by atoms with van der Waals surface area (Å²) in [5.74, 6) is 0.700. The van der Waals surface area contributed by atoms with Crippen molar-refractivity contribution >= 4 is 33.0 Å². The Bertz CT molecular complexity index is 466. The molecular weight excluding hydrogens is 223 g/mol. The Kier molecular flexibility index (Phi) is 2.61. The Morgan fingerprint density at radius 1 is 1.43 bits per heavy atom. The first-order valence-corrected chi connectivity index (χ1v) is 5.41. The lowest BCUT2D eigenvalue weighted by Crippen LogP contribution is -1.83. The number of thiophene rings is 1. The second-order valence-corrected chi connectivity index (χ2v) is 4.30. The van der Waals surface area contributed by atoms with E-state index in [0.717, 1.165) is 9.58 Å². The smallest absolute Gasteiger partial charge is 0.135 e. The maximum atomic E-state index is 13.5. The number of hydrogen-bond donors (Lipinski definition) is 0. The van der Waals surface area contributed by atoms with Gasteiger partial charge in [0, 0.05) is 21.0 Å². The van der Waals surface area contributed by atoms with Gasteiger partial charge in [0.25, 0.3) is 0 Å². The van der Waals surface area contributed by atoms with Gasteiger partial charge in [0.05, 0.1) is 13.0 Å². The van der Waals surface area contributed by atoms with Crippen LogP contribution in [0.2, 0.25) is 0 Å². The van der Waals surface area contributed by atoms with Crippen LogP contribution in [0.25, 0.3) is 10.1 Å². The van der Waals surface area contributed by atoms with Crippen LogP contribution in [0.4, 0.5) is 4.39 Å². The summed E-state index contributed by atoms with van der Waals surface area (Å²) in [5, 5.41) is 0.617. The summed E-state index contributed by atoms with van der Waals surface area (Å²) in [6, 6.07) is 4.98. The minimum Gasteiger partial charge on any atom is -0.497 e. The zero-order chi connectivity index (χ0) is 10.1. The summed E-state index contributed by atoms with van der Waals surface area (Å²) in [5.41, 5.74) is 0. The van der Waals surface area contributed by atoms with Crippen molar-refractivity contribution in [3.05, 3.63) is 28.9 Å². The van der Waals surface area contributed by atoms with Crippen LogP contribution in [0, 0.1) is 5.82 Å². The second-order valence-electron chi connectivity index (χ2n) is 2.87. The third-order valence-corrected chi connectivity index (χ3v) is 3.51. The molecule has 0 saturated heterocycles. The summed E-state index contributed by atoms with van der Waals surface area (Å²) in [7, 11) is 1.52. The van der Waals surface area contributed by atoms with Crippen molar-refractivity contribution in [1.29, 1.82) is 0 Å². The number of hydrogen-bond acceptors (Lipinski definition) is 2. The molecule has 1 nitrogen and oxygen atoms in total. The van der Waals surface area contributed by atoms with Crippen molar-refractivity contribution in [2.75, 3.05) is 7.11 Å². The van der Waals surface area contributed by atoms with Crippen molar-refractivity contribution in [1.82, 2.24) is 0 Å². The van der Waals surface area contributed by atoms with E-state index in [2.05, 4.69) is 0 Å². The number of ether oxygens (including phenoxy) is 1. The largest absolute Gasteiger partial charge is 0.497 e. The van der Waals surface area contributed by atoms with E-state index in [-0.39, 0.29) is 5.82 Å². The fourth-order valence-electron chi connectivity index (χ4n) is 1.31. The molecule has 0 bridgehead atoms. The normalized spacial score (nSPS) is 10.8. The van der Waals surface area contributed by atoms with Crippen LogP contribution in [0.1, 0.15) is 4.88 Å². The van der Waals surface area contributed by atoms with Gasteiger partial charge in [0.1, 0.15) is 11.6 Å². The maximum Gasteiger partial charge on any atom is 0.135 e. The van der Waals surface area contributed by atoms with Crippen LogP contribution in [0.15, 0.2) is 18.2 Å². The molecule has 0 atom stereocenters. The van der Waals surface area contributed by atoms with Crippen LogP contribution in [-0.4, -0.2) is 7.11 Å². The summed E-state index contributed by atoms with van der Waals surface area (Å²) in [6.45, 7) is 0. The van der Waals surface area contributed by atoms with Crippen molar-refractivity contribution in [3.8, 4) is 5.75 Å². The van der Waals surface area contributed by atoms with E-state index >= 15 is 0 Å². The first kappa shape index (κ1) is 9.74. The molecule has 0 radical (unpaired) electrons. The molecule has 74 valence electrons. The number of benzene rings is 1. The minimum atomic E-state index is -0.257. The number of halogens is 2. The van der Waals surface area contributed by atoms with Gasteiger partial charge in [0.2, 0.25) is 0 Å². The number of methoxy groups -OCH3 is 1. The Balaban J connectivity index is 2.67. The molecular formula is C10H8ClFOS. The lowest BCUT2D eigenvalue weighted by molar-refractivity contribution is 0.412. The predicted molar refractivity (Wildman–Crippen MR) is 57.9 cm³/mol. The molecule has 2 aromatic rings. The Hall–Kier alpha value is -0.800. The fourth-order valence-corrected chi connectivity index (χ4v) is 2.50. The Morgan fingerprint density at radius 3 is 2.86 bits per heavy atom. The molecule has 0 N–H and O–H groups in total. The molecule has 0 aliphatic rings. The minimum absolute atomic E-state index is 0.257. The van der Waals surface area contributed by atoms with Crippen LogP contribution < -0.4 is 4.74 Å². The van der Waals surface area contributed by atoms with Crippen molar-refractivity contribution in [3.63, 3.8) is 0 Å². The van der Waals surface area contributed by atoms with Gasteiger partial charge < -0.3 is 4.74 Å². The van der Waals surface area contributed by atoms with E-state index < -0.39 is 0 Å². The third-order valence-electron chi connectivity index (χ3n) is 1.98. The number of alkyl halides is 1. The van der Waals surface area contributed by atoms with Gasteiger partial charge in [-0.05, 0) is 12.1 Å². The SMILES string of the molecule is COc1cc(F)c2cc(CCl)sc2c1. The first-order valence-electron chi connectivity index (χ1n) is 4.06. The van der Waals surface area contributed by atoms with Gasteiger partial charge in [-0.2, -0.15) is 0 Å². The molecule has 0 amide bonds. The predicted octanol–water partition coefficient (Wildman–Crippen LogP) is 3.79. The van der Waals surface area contributed by atoms with Gasteiger partial charge in [-0.1, -0.05) is 0 Å². The highest BCUT2D eigenvalue weighted by Gasteiger charge is 2.08. The monoisotopic (exact) mass is 230 g/mol. The molecule has 0 saturated carbocycles. The second kappa shape index (κ2) is 3.75. The van der Waals surface area contributed by atoms with Gasteiger partial charge in [0.15, 0.2) is 0 Å². The quantitative estimate of drug-likeness (QED) is 0.714. The number of rotatable bonds is 2. The van der Waals surface area contributed by atoms with E-state index in [1.54, 1.807) is 6.07 Å². The summed E-state index contributed by atoms with van der Waals surface area (Å²) < 4.78 is 19.3. The number of fused-ring (bicyclic) bond motifs is 1. The van der Waals surface area contributed by atoms with E-state index in [1.165, 1.54) is 24.5 Å². The Labute approximate surface area is 90.1 Å². The topological polar surface area (TPSA) is 9.23 Å². The van der Waals surface area contributed by atoms with Gasteiger partial charge >= 0.3 is 0 Å². The van der Waals surface area contributed by atoms with E-state index in [1.807, 2.05) is 6.07 Å². The molecule has 4 heteroatoms. The molecule has 14 heavy (non-hydrogen) atoms. The highest BCUT2D eigenvalue weighted by molar-refractivity contribution is 7.19. The van der Waals surface area contributed by atoms with Crippen molar-refractivity contribution < 1.29 is 9.13 Å². The van der Waals surface area contributed by atoms with E-state index in [0.29, 0.717) is 17.0 Å². The average molecular weight is 231 g/mol. The van der Waals surface area contributed by atoms with Gasteiger partial charge in [-0.3, -0.25) is 0 Å². The summed E-state index contributed by atoms with van der Waals surface area (Å²) in [4.78, 5) is 0.966. The fraction of sp³-hybridized carbons (Fsp3) is 0.200. The molecule has 1 heterocycles. The average Bonchev–Trinajstić information content (AvgIpc) is 2.61. The molecule has 2 rings (SSSR count). The van der Waals surface area contributed by atoms with Gasteiger partial charge in [-0.15, -0.1) is 22.9 Å². The third kappa shape index (κ3) is 1.57.